The number of methoxy groups -OCH3 is 1. The maximum absolute atomic E-state index is 13.5. The van der Waals surface area contributed by atoms with E-state index in [-0.39, 0.29) is 17.1 Å². The zero-order valence-corrected chi connectivity index (χ0v) is 18.6. The topological polar surface area (TPSA) is 59.8 Å². The van der Waals surface area contributed by atoms with Crippen molar-refractivity contribution in [3.8, 4) is 5.75 Å². The van der Waals surface area contributed by atoms with Gasteiger partial charge in [-0.3, -0.25) is 14.5 Å². The molecule has 1 unspecified atom stereocenters. The lowest BCUT2D eigenvalue weighted by Gasteiger charge is -2.25. The number of amides is 1. The number of anilines is 1. The Kier molecular flexibility index (Phi) is 4.84. The van der Waals surface area contributed by atoms with Crippen molar-refractivity contribution in [1.29, 1.82) is 0 Å². The number of carbonyl (C=O) groups excluding carboxylic acids is 1. The normalized spacial score (nSPS) is 15.4. The predicted molar refractivity (Wildman–Crippen MR) is 123 cm³/mol. The molecule has 4 aromatic rings. The Balaban J connectivity index is 1.78. The van der Waals surface area contributed by atoms with Crippen LogP contribution in [-0.4, -0.2) is 13.0 Å². The number of benzene rings is 3. The molecule has 1 aromatic heterocycles. The summed E-state index contributed by atoms with van der Waals surface area (Å²) in [6.45, 7) is 0. The third kappa shape index (κ3) is 3.23. The van der Waals surface area contributed by atoms with Gasteiger partial charge in [-0.25, -0.2) is 0 Å². The molecule has 5 rings (SSSR count). The van der Waals surface area contributed by atoms with Gasteiger partial charge in [-0.05, 0) is 60.2 Å². The van der Waals surface area contributed by atoms with Gasteiger partial charge in [0.15, 0.2) is 5.43 Å². The minimum atomic E-state index is -0.646. The molecule has 2 heterocycles. The fraction of sp³-hybridized carbons (Fsp3) is 0.0833. The predicted octanol–water partition coefficient (Wildman–Crippen LogP) is 5.97. The lowest BCUT2D eigenvalue weighted by molar-refractivity contribution is 0.0971. The van der Waals surface area contributed by atoms with Gasteiger partial charge < -0.3 is 9.15 Å². The van der Waals surface area contributed by atoms with E-state index in [1.54, 1.807) is 66.6 Å². The van der Waals surface area contributed by atoms with Crippen LogP contribution in [0.15, 0.2) is 80.4 Å². The van der Waals surface area contributed by atoms with E-state index in [4.69, 9.17) is 20.8 Å². The van der Waals surface area contributed by atoms with E-state index in [2.05, 4.69) is 15.9 Å². The van der Waals surface area contributed by atoms with Crippen LogP contribution in [0, 0.1) is 0 Å². The highest BCUT2D eigenvalue weighted by Crippen LogP contribution is 2.41. The molecular formula is C24H15BrClNO4. The minimum absolute atomic E-state index is 0.0515. The number of carbonyl (C=O) groups is 1. The van der Waals surface area contributed by atoms with E-state index in [1.807, 2.05) is 12.1 Å². The molecule has 5 nitrogen and oxygen atoms in total. The van der Waals surface area contributed by atoms with Crippen molar-refractivity contribution in [2.45, 2.75) is 6.04 Å². The maximum atomic E-state index is 13.5. The summed E-state index contributed by atoms with van der Waals surface area (Å²) in [4.78, 5) is 28.6. The number of nitrogens with zero attached hydrogens (tertiary/aromatic N) is 1. The Morgan fingerprint density at radius 3 is 2.39 bits per heavy atom. The number of fused-ring (bicyclic) bond motifs is 2. The summed E-state index contributed by atoms with van der Waals surface area (Å²) in [5.41, 5.74) is 1.83. The highest BCUT2D eigenvalue weighted by molar-refractivity contribution is 9.10. The van der Waals surface area contributed by atoms with Gasteiger partial charge >= 0.3 is 0 Å². The molecule has 1 aliphatic heterocycles. The molecule has 154 valence electrons. The molecule has 0 spiro atoms. The minimum Gasteiger partial charge on any atom is -0.497 e. The second kappa shape index (κ2) is 7.55. The van der Waals surface area contributed by atoms with Crippen molar-refractivity contribution in [3.63, 3.8) is 0 Å². The number of halogens is 2. The number of hydrogen-bond acceptors (Lipinski definition) is 4. The molecule has 0 radical (unpaired) electrons. The summed E-state index contributed by atoms with van der Waals surface area (Å²) in [5, 5.41) is 0.982. The van der Waals surface area contributed by atoms with Crippen molar-refractivity contribution < 1.29 is 13.9 Å². The average molecular weight is 497 g/mol. The molecular weight excluding hydrogens is 482 g/mol. The Hall–Kier alpha value is -3.09. The van der Waals surface area contributed by atoms with Crippen LogP contribution in [0.1, 0.15) is 27.7 Å². The van der Waals surface area contributed by atoms with Crippen LogP contribution in [0.25, 0.3) is 11.0 Å². The highest BCUT2D eigenvalue weighted by atomic mass is 79.9. The molecule has 0 aliphatic carbocycles. The monoisotopic (exact) mass is 495 g/mol. The summed E-state index contributed by atoms with van der Waals surface area (Å²) >= 11 is 9.49. The van der Waals surface area contributed by atoms with Gasteiger partial charge in [-0.1, -0.05) is 39.7 Å². The lowest BCUT2D eigenvalue weighted by Crippen LogP contribution is -2.29. The fourth-order valence-electron chi connectivity index (χ4n) is 3.91. The van der Waals surface area contributed by atoms with Crippen molar-refractivity contribution in [1.82, 2.24) is 0 Å². The fourth-order valence-corrected chi connectivity index (χ4v) is 4.40. The van der Waals surface area contributed by atoms with E-state index in [0.717, 1.165) is 10.0 Å². The Morgan fingerprint density at radius 1 is 1.00 bits per heavy atom. The first-order chi connectivity index (χ1) is 15.0. The van der Waals surface area contributed by atoms with E-state index >= 15 is 0 Å². The largest absolute Gasteiger partial charge is 0.497 e. The van der Waals surface area contributed by atoms with Crippen LogP contribution in [0.3, 0.4) is 0 Å². The molecule has 1 aliphatic rings. The quantitative estimate of drug-likeness (QED) is 0.351. The van der Waals surface area contributed by atoms with Crippen molar-refractivity contribution in [3.05, 3.63) is 103 Å². The molecule has 3 aromatic carbocycles. The SMILES string of the molecule is COc1ccc(N2C(=O)c3oc4ccc(Br)cc4c(=O)c3C2c2ccc(Cl)cc2)cc1. The number of rotatable bonds is 3. The number of hydrogen-bond donors (Lipinski definition) is 0. The zero-order valence-electron chi connectivity index (χ0n) is 16.3. The van der Waals surface area contributed by atoms with Crippen LogP contribution in [-0.2, 0) is 0 Å². The maximum Gasteiger partial charge on any atom is 0.295 e. The smallest absolute Gasteiger partial charge is 0.295 e. The molecule has 0 saturated carbocycles. The Morgan fingerprint density at radius 2 is 1.71 bits per heavy atom. The van der Waals surface area contributed by atoms with Gasteiger partial charge in [0.05, 0.1) is 24.1 Å². The lowest BCUT2D eigenvalue weighted by atomic mass is 9.98. The van der Waals surface area contributed by atoms with Crippen LogP contribution < -0.4 is 15.1 Å². The summed E-state index contributed by atoms with van der Waals surface area (Å²) in [7, 11) is 1.58. The van der Waals surface area contributed by atoms with E-state index in [0.29, 0.717) is 33.0 Å². The molecule has 1 amide bonds. The van der Waals surface area contributed by atoms with Crippen molar-refractivity contribution >= 4 is 50.1 Å². The second-order valence-corrected chi connectivity index (χ2v) is 8.49. The van der Waals surface area contributed by atoms with Gasteiger partial charge in [-0.15, -0.1) is 0 Å². The summed E-state index contributed by atoms with van der Waals surface area (Å²) in [6.07, 6.45) is 0. The van der Waals surface area contributed by atoms with Crippen molar-refractivity contribution in [2.24, 2.45) is 0 Å². The first-order valence-electron chi connectivity index (χ1n) is 9.47. The van der Waals surface area contributed by atoms with E-state index in [9.17, 15) is 9.59 Å². The highest BCUT2D eigenvalue weighted by Gasteiger charge is 2.43. The first kappa shape index (κ1) is 19.8. The zero-order chi connectivity index (χ0) is 21.7. The van der Waals surface area contributed by atoms with Crippen LogP contribution >= 0.6 is 27.5 Å². The Labute approximate surface area is 190 Å². The molecule has 0 fully saturated rings. The third-order valence-electron chi connectivity index (χ3n) is 5.37. The standard InChI is InChI=1S/C24H15BrClNO4/c1-30-17-9-7-16(8-10-17)27-21(13-2-5-15(26)6-3-13)20-22(28)18-12-14(25)4-11-19(18)31-23(20)24(27)29/h2-12,21H,1H3. The van der Waals surface area contributed by atoms with Crippen molar-refractivity contribution in [2.75, 3.05) is 12.0 Å². The molecule has 0 saturated heterocycles. The van der Waals surface area contributed by atoms with E-state index in [1.165, 1.54) is 0 Å². The van der Waals surface area contributed by atoms with Gasteiger partial charge in [0.1, 0.15) is 11.3 Å². The summed E-state index contributed by atoms with van der Waals surface area (Å²) < 4.78 is 12.0. The van der Waals surface area contributed by atoms with Gasteiger partial charge in [0.2, 0.25) is 5.76 Å². The molecule has 0 bridgehead atoms. The van der Waals surface area contributed by atoms with E-state index < -0.39 is 6.04 Å². The Bertz CT molecular complexity index is 1380. The van der Waals surface area contributed by atoms with Gasteiger partial charge in [0.25, 0.3) is 5.91 Å². The number of ether oxygens (including phenoxy) is 1. The molecule has 7 heteroatoms. The van der Waals surface area contributed by atoms with Crippen LogP contribution in [0.5, 0.6) is 5.75 Å². The second-order valence-electron chi connectivity index (χ2n) is 7.14. The first-order valence-corrected chi connectivity index (χ1v) is 10.6. The summed E-state index contributed by atoms with van der Waals surface area (Å²) in [5.74, 6) is 0.346. The molecule has 31 heavy (non-hydrogen) atoms. The summed E-state index contributed by atoms with van der Waals surface area (Å²) in [6, 6.07) is 18.7. The molecule has 0 N–H and O–H groups in total. The van der Waals surface area contributed by atoms with Gasteiger partial charge in [0, 0.05) is 15.2 Å². The van der Waals surface area contributed by atoms with Gasteiger partial charge in [-0.2, -0.15) is 0 Å². The third-order valence-corrected chi connectivity index (χ3v) is 6.11. The van der Waals surface area contributed by atoms with Crippen LogP contribution in [0.4, 0.5) is 5.69 Å². The molecule has 1 atom stereocenters. The van der Waals surface area contributed by atoms with Crippen LogP contribution in [0.2, 0.25) is 5.02 Å². The average Bonchev–Trinajstić information content (AvgIpc) is 3.07.